The Kier molecular flexibility index (Phi) is 3.82. The molecule has 0 saturated carbocycles. The van der Waals surface area contributed by atoms with Crippen LogP contribution in [0.5, 0.6) is 23.0 Å². The van der Waals surface area contributed by atoms with Crippen LogP contribution >= 0.6 is 0 Å². The number of allylic oxidation sites excluding steroid dienone is 2. The molecule has 0 aliphatic carbocycles. The molecular weight excluding hydrogens is 292 g/mol. The molecule has 4 heteroatoms. The van der Waals surface area contributed by atoms with Crippen LogP contribution in [0.2, 0.25) is 0 Å². The average Bonchev–Trinajstić information content (AvgIpc) is 2.58. The average molecular weight is 310 g/mol. The van der Waals surface area contributed by atoms with Gasteiger partial charge in [0, 0.05) is 23.0 Å². The third-order valence-electron chi connectivity index (χ3n) is 4.43. The van der Waals surface area contributed by atoms with E-state index in [1.807, 2.05) is 38.1 Å². The second kappa shape index (κ2) is 5.80. The van der Waals surface area contributed by atoms with Crippen molar-refractivity contribution < 1.29 is 19.7 Å². The van der Waals surface area contributed by atoms with Crippen LogP contribution in [0.1, 0.15) is 30.9 Å². The largest absolute Gasteiger partial charge is 0.504 e. The van der Waals surface area contributed by atoms with E-state index in [2.05, 4.69) is 0 Å². The summed E-state index contributed by atoms with van der Waals surface area (Å²) in [5, 5.41) is 19.9. The van der Waals surface area contributed by atoms with Gasteiger partial charge in [-0.1, -0.05) is 35.9 Å². The molecule has 4 nitrogen and oxygen atoms in total. The number of phenols is 2. The fourth-order valence-electron chi connectivity index (χ4n) is 3.06. The van der Waals surface area contributed by atoms with E-state index in [0.29, 0.717) is 11.3 Å². The lowest BCUT2D eigenvalue weighted by Crippen LogP contribution is -2.21. The zero-order chi connectivity index (χ0) is 16.6. The van der Waals surface area contributed by atoms with E-state index >= 15 is 0 Å². The minimum Gasteiger partial charge on any atom is -0.504 e. The molecule has 2 N–H and O–H groups in total. The van der Waals surface area contributed by atoms with Crippen LogP contribution in [0.3, 0.4) is 0 Å². The second-order valence-electron chi connectivity index (χ2n) is 5.66. The lowest BCUT2D eigenvalue weighted by atomic mass is 9.76. The van der Waals surface area contributed by atoms with E-state index in [1.54, 1.807) is 12.1 Å². The zero-order valence-electron chi connectivity index (χ0n) is 13.0. The molecule has 2 aromatic rings. The maximum absolute atomic E-state index is 11.8. The van der Waals surface area contributed by atoms with E-state index in [0.717, 1.165) is 17.4 Å². The highest BCUT2D eigenvalue weighted by Gasteiger charge is 2.35. The summed E-state index contributed by atoms with van der Waals surface area (Å²) in [6, 6.07) is 10.6. The van der Waals surface area contributed by atoms with Crippen molar-refractivity contribution in [2.45, 2.75) is 19.8 Å². The molecule has 2 unspecified atom stereocenters. The first-order valence-corrected chi connectivity index (χ1v) is 7.48. The fourth-order valence-corrected chi connectivity index (χ4v) is 3.06. The van der Waals surface area contributed by atoms with Gasteiger partial charge in [-0.15, -0.1) is 0 Å². The summed E-state index contributed by atoms with van der Waals surface area (Å²) < 4.78 is 5.78. The quantitative estimate of drug-likeness (QED) is 0.508. The van der Waals surface area contributed by atoms with E-state index in [4.69, 9.17) is 4.74 Å². The first-order chi connectivity index (χ1) is 11.1. The molecule has 0 fully saturated rings. The van der Waals surface area contributed by atoms with Crippen molar-refractivity contribution in [1.82, 2.24) is 0 Å². The molecule has 0 spiro atoms. The van der Waals surface area contributed by atoms with Crippen LogP contribution in [0, 0.1) is 5.92 Å². The minimum atomic E-state index is -0.368. The van der Waals surface area contributed by atoms with Crippen molar-refractivity contribution in [3.63, 3.8) is 0 Å². The molecule has 0 radical (unpaired) electrons. The number of fused-ring (bicyclic) bond motifs is 2. The Morgan fingerprint density at radius 3 is 2.61 bits per heavy atom. The lowest BCUT2D eigenvalue weighted by Gasteiger charge is -2.32. The van der Waals surface area contributed by atoms with Crippen molar-refractivity contribution in [3.8, 4) is 23.0 Å². The molecule has 1 aliphatic heterocycles. The number of rotatable bonds is 3. The third kappa shape index (κ3) is 2.36. The SMILES string of the molecule is CC=C(C)C(C=O)C1c2ccccc2Oc2c1ccc(O)c2O. The molecule has 3 rings (SSSR count). The Balaban J connectivity index is 2.27. The van der Waals surface area contributed by atoms with Gasteiger partial charge in [-0.25, -0.2) is 0 Å². The summed E-state index contributed by atoms with van der Waals surface area (Å²) in [6.07, 6.45) is 2.84. The fraction of sp³-hybridized carbons (Fsp3) is 0.211. The second-order valence-corrected chi connectivity index (χ2v) is 5.66. The number of benzene rings is 2. The molecule has 23 heavy (non-hydrogen) atoms. The van der Waals surface area contributed by atoms with Crippen LogP contribution in [-0.4, -0.2) is 16.5 Å². The standard InChI is InChI=1S/C19H18O4/c1-3-11(2)14(10-20)17-12-6-4-5-7-16(12)23-19-13(17)8-9-15(21)18(19)22/h3-10,14,17,21-22H,1-2H3. The molecule has 0 bridgehead atoms. The number of phenolic OH excluding ortho intramolecular Hbond substituents is 2. The highest BCUT2D eigenvalue weighted by Crippen LogP contribution is 2.53. The zero-order valence-corrected chi connectivity index (χ0v) is 13.0. The normalized spacial score (nSPS) is 17.7. The molecule has 2 aromatic carbocycles. The minimum absolute atomic E-state index is 0.212. The van der Waals surface area contributed by atoms with Gasteiger partial charge in [0.1, 0.15) is 12.0 Å². The highest BCUT2D eigenvalue weighted by molar-refractivity contribution is 5.69. The van der Waals surface area contributed by atoms with Crippen LogP contribution in [0.15, 0.2) is 48.0 Å². The number of carbonyl (C=O) groups is 1. The molecule has 1 heterocycles. The van der Waals surface area contributed by atoms with Gasteiger partial charge in [-0.2, -0.15) is 0 Å². The van der Waals surface area contributed by atoms with Crippen molar-refractivity contribution in [2.75, 3.05) is 0 Å². The van der Waals surface area contributed by atoms with Gasteiger partial charge in [0.05, 0.1) is 0 Å². The van der Waals surface area contributed by atoms with E-state index < -0.39 is 0 Å². The first-order valence-electron chi connectivity index (χ1n) is 7.48. The molecule has 2 atom stereocenters. The molecular formula is C19H18O4. The van der Waals surface area contributed by atoms with E-state index in [1.165, 1.54) is 6.07 Å². The summed E-state index contributed by atoms with van der Waals surface area (Å²) in [5.41, 5.74) is 2.53. The van der Waals surface area contributed by atoms with Crippen molar-refractivity contribution >= 4 is 6.29 Å². The van der Waals surface area contributed by atoms with Crippen LogP contribution in [0.25, 0.3) is 0 Å². The Labute approximate surface area is 134 Å². The molecule has 1 aliphatic rings. The molecule has 0 amide bonds. The van der Waals surface area contributed by atoms with Crippen molar-refractivity contribution in [1.29, 1.82) is 0 Å². The van der Waals surface area contributed by atoms with Gasteiger partial charge in [0.25, 0.3) is 0 Å². The van der Waals surface area contributed by atoms with Gasteiger partial charge in [-0.05, 0) is 26.0 Å². The van der Waals surface area contributed by atoms with E-state index in [9.17, 15) is 15.0 Å². The number of ether oxygens (including phenoxy) is 1. The Bertz CT molecular complexity index is 792. The number of aldehydes is 1. The number of hydrogen-bond acceptors (Lipinski definition) is 4. The van der Waals surface area contributed by atoms with Gasteiger partial charge in [-0.3, -0.25) is 0 Å². The van der Waals surface area contributed by atoms with Crippen LogP contribution < -0.4 is 4.74 Å². The van der Waals surface area contributed by atoms with Crippen LogP contribution in [-0.2, 0) is 4.79 Å². The summed E-state index contributed by atoms with van der Waals surface area (Å²) in [4.78, 5) is 11.8. The maximum atomic E-state index is 11.8. The summed E-state index contributed by atoms with van der Waals surface area (Å²) >= 11 is 0. The van der Waals surface area contributed by atoms with Crippen molar-refractivity contribution in [2.24, 2.45) is 5.92 Å². The number of hydrogen-bond donors (Lipinski definition) is 2. The maximum Gasteiger partial charge on any atom is 0.201 e. The summed E-state index contributed by atoms with van der Waals surface area (Å²) in [5.74, 6) is -0.383. The number of para-hydroxylation sites is 1. The predicted octanol–water partition coefficient (Wildman–Crippen LogP) is 4.12. The smallest absolute Gasteiger partial charge is 0.201 e. The Hall–Kier alpha value is -2.75. The third-order valence-corrected chi connectivity index (χ3v) is 4.43. The predicted molar refractivity (Wildman–Crippen MR) is 87.1 cm³/mol. The van der Waals surface area contributed by atoms with Gasteiger partial charge < -0.3 is 19.7 Å². The van der Waals surface area contributed by atoms with Gasteiger partial charge >= 0.3 is 0 Å². The molecule has 0 saturated heterocycles. The van der Waals surface area contributed by atoms with Gasteiger partial charge in [0.15, 0.2) is 11.5 Å². The molecule has 118 valence electrons. The van der Waals surface area contributed by atoms with Crippen LogP contribution in [0.4, 0.5) is 0 Å². The van der Waals surface area contributed by atoms with E-state index in [-0.39, 0.29) is 29.1 Å². The summed E-state index contributed by atoms with van der Waals surface area (Å²) in [7, 11) is 0. The van der Waals surface area contributed by atoms with Gasteiger partial charge in [0.2, 0.25) is 5.75 Å². The monoisotopic (exact) mass is 310 g/mol. The summed E-state index contributed by atoms with van der Waals surface area (Å²) in [6.45, 7) is 3.81. The first kappa shape index (κ1) is 15.2. The number of aromatic hydroxyl groups is 2. The highest BCUT2D eigenvalue weighted by atomic mass is 16.5. The molecule has 0 aromatic heterocycles. The Morgan fingerprint density at radius 2 is 1.91 bits per heavy atom. The number of carbonyl (C=O) groups excluding carboxylic acids is 1. The topological polar surface area (TPSA) is 66.8 Å². The van der Waals surface area contributed by atoms with Crippen molar-refractivity contribution in [3.05, 3.63) is 59.2 Å². The lowest BCUT2D eigenvalue weighted by molar-refractivity contribution is -0.110. The Morgan fingerprint density at radius 1 is 1.17 bits per heavy atom.